The van der Waals surface area contributed by atoms with E-state index in [0.29, 0.717) is 32.1 Å². The van der Waals surface area contributed by atoms with Crippen molar-refractivity contribution >= 4 is 5.97 Å². The Labute approximate surface area is 293 Å². The summed E-state index contributed by atoms with van der Waals surface area (Å²) in [5, 5.41) is 53.6. The van der Waals surface area contributed by atoms with Gasteiger partial charge < -0.3 is 30.5 Å². The maximum atomic E-state index is 12.1. The molecule has 5 unspecified atom stereocenters. The highest BCUT2D eigenvalue weighted by Gasteiger charge is 2.42. The predicted molar refractivity (Wildman–Crippen MR) is 197 cm³/mol. The van der Waals surface area contributed by atoms with Crippen LogP contribution in [0.1, 0.15) is 133 Å². The lowest BCUT2D eigenvalue weighted by molar-refractivity contribution is -0.146. The van der Waals surface area contributed by atoms with Crippen LogP contribution in [0.4, 0.5) is 0 Å². The Hall–Kier alpha value is -3.13. The van der Waals surface area contributed by atoms with Crippen molar-refractivity contribution in [2.24, 2.45) is 11.8 Å². The second-order valence-corrected chi connectivity index (χ2v) is 14.7. The van der Waals surface area contributed by atoms with E-state index in [4.69, 9.17) is 0 Å². The van der Waals surface area contributed by atoms with E-state index in [1.807, 2.05) is 36.4 Å². The van der Waals surface area contributed by atoms with Crippen molar-refractivity contribution in [2.75, 3.05) is 0 Å². The highest BCUT2D eigenvalue weighted by molar-refractivity contribution is 5.70. The summed E-state index contributed by atoms with van der Waals surface area (Å²) in [5.41, 5.74) is 3.92. The zero-order valence-electron chi connectivity index (χ0n) is 29.7. The molecule has 1 heterocycles. The molecular formula is C42H61NO6. The molecule has 0 amide bonds. The van der Waals surface area contributed by atoms with Crippen LogP contribution >= 0.6 is 0 Å². The van der Waals surface area contributed by atoms with E-state index in [1.165, 1.54) is 25.7 Å². The first-order valence-electron chi connectivity index (χ1n) is 19.0. The summed E-state index contributed by atoms with van der Waals surface area (Å²) < 4.78 is 0. The van der Waals surface area contributed by atoms with Gasteiger partial charge in [0.1, 0.15) is 5.75 Å². The zero-order valence-corrected chi connectivity index (χ0v) is 29.7. The molecule has 1 aliphatic rings. The predicted octanol–water partition coefficient (Wildman–Crippen LogP) is 8.96. The topological polar surface area (TPSA) is 134 Å². The number of H-pyrrole nitrogens is 1. The van der Waals surface area contributed by atoms with Gasteiger partial charge in [-0.2, -0.15) is 0 Å². The van der Waals surface area contributed by atoms with E-state index in [9.17, 15) is 30.3 Å². The lowest BCUT2D eigenvalue weighted by atomic mass is 9.81. The molecule has 6 N–H and O–H groups in total. The van der Waals surface area contributed by atoms with Crippen molar-refractivity contribution in [1.29, 1.82) is 0 Å². The van der Waals surface area contributed by atoms with E-state index < -0.39 is 23.6 Å². The summed E-state index contributed by atoms with van der Waals surface area (Å²) >= 11 is 0. The lowest BCUT2D eigenvalue weighted by Crippen LogP contribution is -2.37. The first kappa shape index (κ1) is 38.7. The van der Waals surface area contributed by atoms with Crippen LogP contribution in [0.2, 0.25) is 0 Å². The van der Waals surface area contributed by atoms with Crippen LogP contribution in [-0.2, 0) is 17.6 Å². The Kier molecular flexibility index (Phi) is 15.7. The van der Waals surface area contributed by atoms with E-state index >= 15 is 0 Å². The number of nitrogens with one attached hydrogen (secondary N) is 1. The number of hydrogen-bond acceptors (Lipinski definition) is 5. The van der Waals surface area contributed by atoms with E-state index in [0.717, 1.165) is 85.9 Å². The molecular weight excluding hydrogens is 614 g/mol. The number of aliphatic hydroxyl groups is 3. The second kappa shape index (κ2) is 19.9. The molecule has 7 nitrogen and oxygen atoms in total. The molecule has 0 saturated heterocycles. The second-order valence-electron chi connectivity index (χ2n) is 14.7. The number of carboxylic acids is 1. The number of unbranched alkanes of at least 4 members (excludes halogenated alkanes) is 7. The highest BCUT2D eigenvalue weighted by atomic mass is 16.4. The maximum Gasteiger partial charge on any atom is 0.309 e. The number of carbonyl (C=O) groups is 1. The fourth-order valence-corrected chi connectivity index (χ4v) is 7.85. The summed E-state index contributed by atoms with van der Waals surface area (Å²) in [6.07, 6.45) is 14.7. The SMILES string of the molecule is CCCCCCCC(O)CCCCCCC(C(=O)O)C(O)CCC1(O)CCCC1Cc1ccc(-c2cccc(O)c2Cc2ccccc2)[nH]1. The molecule has 4 rings (SSSR count). The average Bonchev–Trinajstić information content (AvgIpc) is 3.71. The molecule has 0 spiro atoms. The first-order chi connectivity index (χ1) is 23.7. The highest BCUT2D eigenvalue weighted by Crippen LogP contribution is 2.42. The number of aliphatic carboxylic acids is 1. The van der Waals surface area contributed by atoms with Gasteiger partial charge in [0.25, 0.3) is 0 Å². The number of aromatic amines is 1. The molecule has 7 heteroatoms. The van der Waals surface area contributed by atoms with Crippen LogP contribution in [0.25, 0.3) is 11.3 Å². The van der Waals surface area contributed by atoms with Crippen molar-refractivity contribution in [3.63, 3.8) is 0 Å². The summed E-state index contributed by atoms with van der Waals surface area (Å²) in [4.78, 5) is 15.6. The number of carboxylic acid groups (broad SMARTS) is 1. The van der Waals surface area contributed by atoms with Crippen molar-refractivity contribution in [3.05, 3.63) is 77.5 Å². The fourth-order valence-electron chi connectivity index (χ4n) is 7.85. The largest absolute Gasteiger partial charge is 0.508 e. The van der Waals surface area contributed by atoms with Gasteiger partial charge in [-0.25, -0.2) is 0 Å². The van der Waals surface area contributed by atoms with Gasteiger partial charge in [0, 0.05) is 28.9 Å². The van der Waals surface area contributed by atoms with Gasteiger partial charge in [-0.1, -0.05) is 114 Å². The fraction of sp³-hybridized carbons (Fsp3) is 0.595. The molecule has 1 saturated carbocycles. The van der Waals surface area contributed by atoms with Crippen LogP contribution in [-0.4, -0.2) is 54.3 Å². The summed E-state index contributed by atoms with van der Waals surface area (Å²) in [5.74, 6) is -1.54. The van der Waals surface area contributed by atoms with Crippen LogP contribution in [0.5, 0.6) is 5.75 Å². The number of phenols is 1. The molecule has 2 aromatic carbocycles. The van der Waals surface area contributed by atoms with E-state index in [2.05, 4.69) is 30.1 Å². The van der Waals surface area contributed by atoms with Gasteiger partial charge in [-0.3, -0.25) is 4.79 Å². The number of hydrogen-bond donors (Lipinski definition) is 6. The summed E-state index contributed by atoms with van der Waals surface area (Å²) in [6, 6.07) is 19.8. The van der Waals surface area contributed by atoms with Crippen molar-refractivity contribution in [3.8, 4) is 17.0 Å². The van der Waals surface area contributed by atoms with Gasteiger partial charge in [-0.05, 0) is 81.0 Å². The molecule has 0 aliphatic heterocycles. The quantitative estimate of drug-likeness (QED) is 0.0556. The molecule has 3 aromatic rings. The van der Waals surface area contributed by atoms with Gasteiger partial charge in [0.2, 0.25) is 0 Å². The van der Waals surface area contributed by atoms with Gasteiger partial charge in [-0.15, -0.1) is 0 Å². The van der Waals surface area contributed by atoms with Crippen molar-refractivity contribution in [2.45, 2.75) is 147 Å². The molecule has 0 bridgehead atoms. The molecule has 1 fully saturated rings. The van der Waals surface area contributed by atoms with Crippen molar-refractivity contribution in [1.82, 2.24) is 4.98 Å². The zero-order chi connectivity index (χ0) is 35.1. The lowest BCUT2D eigenvalue weighted by Gasteiger charge is -2.32. The third-order valence-electron chi connectivity index (χ3n) is 10.9. The third kappa shape index (κ3) is 12.0. The minimum Gasteiger partial charge on any atom is -0.508 e. The molecule has 5 atom stereocenters. The number of phenolic OH excluding ortho intramolecular Hbond substituents is 1. The Balaban J connectivity index is 1.24. The van der Waals surface area contributed by atoms with E-state index in [-0.39, 0.29) is 24.2 Å². The molecule has 270 valence electrons. The Morgan fingerprint density at radius 2 is 1.55 bits per heavy atom. The van der Waals surface area contributed by atoms with Gasteiger partial charge >= 0.3 is 5.97 Å². The molecule has 0 radical (unpaired) electrons. The number of aliphatic hydroxyl groups excluding tert-OH is 2. The number of rotatable bonds is 23. The standard InChI is InChI=1S/C42H61NO6/c1-2-3-4-5-11-19-34(44)20-12-6-7-13-21-36(41(47)48)40(46)26-28-42(49)27-15-18-32(42)30-33-24-25-38(43-33)35-22-14-23-39(45)37(35)29-31-16-9-8-10-17-31/h8-10,14,16-17,22-25,32,34,36,40,43-46,49H,2-7,11-13,15,18-21,26-30H2,1H3,(H,47,48). The number of benzene rings is 2. The minimum absolute atomic E-state index is 0.00846. The first-order valence-corrected chi connectivity index (χ1v) is 19.0. The minimum atomic E-state index is -0.997. The normalized spacial score (nSPS) is 19.6. The van der Waals surface area contributed by atoms with Gasteiger partial charge in [0.05, 0.1) is 23.7 Å². The third-order valence-corrected chi connectivity index (χ3v) is 10.9. The average molecular weight is 676 g/mol. The molecule has 49 heavy (non-hydrogen) atoms. The number of aromatic nitrogens is 1. The molecule has 1 aromatic heterocycles. The number of aromatic hydroxyl groups is 1. The summed E-state index contributed by atoms with van der Waals surface area (Å²) in [7, 11) is 0. The monoisotopic (exact) mass is 675 g/mol. The maximum absolute atomic E-state index is 12.1. The van der Waals surface area contributed by atoms with E-state index in [1.54, 1.807) is 6.07 Å². The van der Waals surface area contributed by atoms with Crippen LogP contribution in [0.15, 0.2) is 60.7 Å². The Morgan fingerprint density at radius 3 is 2.24 bits per heavy atom. The Bertz CT molecular complexity index is 1390. The summed E-state index contributed by atoms with van der Waals surface area (Å²) in [6.45, 7) is 2.20. The van der Waals surface area contributed by atoms with Crippen LogP contribution in [0, 0.1) is 11.8 Å². The van der Waals surface area contributed by atoms with Crippen molar-refractivity contribution < 1.29 is 30.3 Å². The molecule has 1 aliphatic carbocycles. The van der Waals surface area contributed by atoms with Crippen LogP contribution < -0.4 is 0 Å². The smallest absolute Gasteiger partial charge is 0.309 e. The van der Waals surface area contributed by atoms with Gasteiger partial charge in [0.15, 0.2) is 0 Å². The Morgan fingerprint density at radius 1 is 0.857 bits per heavy atom. The van der Waals surface area contributed by atoms with Crippen LogP contribution in [0.3, 0.4) is 0 Å².